The van der Waals surface area contributed by atoms with Gasteiger partial charge in [-0.2, -0.15) is 0 Å². The van der Waals surface area contributed by atoms with E-state index in [-0.39, 0.29) is 0 Å². The summed E-state index contributed by atoms with van der Waals surface area (Å²) < 4.78 is 0. The fourth-order valence-corrected chi connectivity index (χ4v) is 2.21. The van der Waals surface area contributed by atoms with Gasteiger partial charge in [-0.25, -0.2) is 0 Å². The third kappa shape index (κ3) is 3.54. The summed E-state index contributed by atoms with van der Waals surface area (Å²) in [7, 11) is 0. The minimum Gasteiger partial charge on any atom is -0.361 e. The first-order valence-corrected chi connectivity index (χ1v) is 7.39. The second-order valence-electron chi connectivity index (χ2n) is 4.58. The Morgan fingerprint density at radius 1 is 0.714 bits per heavy atom. The number of aromatic nitrogens is 2. The molecule has 0 fully saturated rings. The Hall–Kier alpha value is -2.48. The van der Waals surface area contributed by atoms with Crippen molar-refractivity contribution in [2.45, 2.75) is 20.8 Å². The molecule has 0 radical (unpaired) electrons. The standard InChI is InChI=1S/C9H9N.C8H7N.C2H6/c1-7-6-10-9-5-3-2-4-8(7)9;1-2-4-8-7(3-1)5-6-9-8;1-2/h2-6,10H,1H3;1-6,9H;1-2H3. The number of rotatable bonds is 0. The van der Waals surface area contributed by atoms with Gasteiger partial charge in [0.1, 0.15) is 0 Å². The molecule has 4 rings (SSSR count). The minimum absolute atomic E-state index is 1.21. The molecule has 0 aliphatic carbocycles. The SMILES string of the molecule is CC.Cc1c[nH]c2ccccc12.c1ccc2[nH]ccc2c1. The molecule has 4 aromatic rings. The summed E-state index contributed by atoms with van der Waals surface area (Å²) in [4.78, 5) is 6.31. The highest BCUT2D eigenvalue weighted by atomic mass is 14.7. The topological polar surface area (TPSA) is 31.6 Å². The van der Waals surface area contributed by atoms with Gasteiger partial charge in [-0.15, -0.1) is 0 Å². The van der Waals surface area contributed by atoms with Gasteiger partial charge in [0, 0.05) is 28.8 Å². The van der Waals surface area contributed by atoms with Crippen molar-refractivity contribution in [1.29, 1.82) is 0 Å². The Morgan fingerprint density at radius 2 is 1.38 bits per heavy atom. The Kier molecular flexibility index (Phi) is 5.22. The summed E-state index contributed by atoms with van der Waals surface area (Å²) in [6, 6.07) is 18.6. The summed E-state index contributed by atoms with van der Waals surface area (Å²) in [6.45, 7) is 6.11. The van der Waals surface area contributed by atoms with Crippen LogP contribution in [0.5, 0.6) is 0 Å². The number of nitrogens with one attached hydrogen (secondary N) is 2. The van der Waals surface area contributed by atoms with Crippen molar-refractivity contribution < 1.29 is 0 Å². The second-order valence-corrected chi connectivity index (χ2v) is 4.58. The van der Waals surface area contributed by atoms with Gasteiger partial charge < -0.3 is 9.97 Å². The van der Waals surface area contributed by atoms with Crippen LogP contribution in [0.3, 0.4) is 0 Å². The lowest BCUT2D eigenvalue weighted by atomic mass is 10.2. The third-order valence-corrected chi connectivity index (χ3v) is 3.26. The summed E-state index contributed by atoms with van der Waals surface area (Å²) in [5.41, 5.74) is 3.74. The summed E-state index contributed by atoms with van der Waals surface area (Å²) in [5.74, 6) is 0. The van der Waals surface area contributed by atoms with E-state index in [1.807, 2.05) is 44.4 Å². The molecule has 0 saturated heterocycles. The van der Waals surface area contributed by atoms with Crippen molar-refractivity contribution >= 4 is 21.8 Å². The van der Waals surface area contributed by atoms with Crippen LogP contribution >= 0.6 is 0 Å². The molecule has 2 N–H and O–H groups in total. The molecule has 2 aromatic carbocycles. The van der Waals surface area contributed by atoms with E-state index in [1.165, 1.54) is 27.4 Å². The van der Waals surface area contributed by atoms with E-state index in [9.17, 15) is 0 Å². The van der Waals surface area contributed by atoms with E-state index in [1.54, 1.807) is 0 Å². The highest BCUT2D eigenvalue weighted by Gasteiger charge is 1.94. The highest BCUT2D eigenvalue weighted by Crippen LogP contribution is 2.15. The van der Waals surface area contributed by atoms with Gasteiger partial charge in [0.25, 0.3) is 0 Å². The number of hydrogen-bond donors (Lipinski definition) is 2. The van der Waals surface area contributed by atoms with Crippen LogP contribution in [0.4, 0.5) is 0 Å². The molecular formula is C19H22N2. The zero-order chi connectivity index (χ0) is 15.1. The third-order valence-electron chi connectivity index (χ3n) is 3.26. The number of aromatic amines is 2. The number of H-pyrrole nitrogens is 2. The maximum Gasteiger partial charge on any atom is 0.0456 e. The predicted octanol–water partition coefficient (Wildman–Crippen LogP) is 5.67. The van der Waals surface area contributed by atoms with Gasteiger partial charge in [-0.05, 0) is 36.1 Å². The van der Waals surface area contributed by atoms with E-state index in [4.69, 9.17) is 0 Å². The van der Waals surface area contributed by atoms with Gasteiger partial charge >= 0.3 is 0 Å². The summed E-state index contributed by atoms with van der Waals surface area (Å²) in [5, 5.41) is 2.60. The van der Waals surface area contributed by atoms with Crippen LogP contribution in [-0.4, -0.2) is 9.97 Å². The molecule has 0 amide bonds. The van der Waals surface area contributed by atoms with E-state index >= 15 is 0 Å². The van der Waals surface area contributed by atoms with Crippen molar-refractivity contribution in [3.05, 3.63) is 72.6 Å². The van der Waals surface area contributed by atoms with Crippen LogP contribution in [0.2, 0.25) is 0 Å². The van der Waals surface area contributed by atoms with Gasteiger partial charge in [-0.1, -0.05) is 50.2 Å². The average molecular weight is 278 g/mol. The molecule has 0 aliphatic rings. The number of benzene rings is 2. The Bertz CT molecular complexity index is 763. The van der Waals surface area contributed by atoms with Gasteiger partial charge in [0.05, 0.1) is 0 Å². The fraction of sp³-hybridized carbons (Fsp3) is 0.158. The first-order chi connectivity index (χ1) is 10.3. The van der Waals surface area contributed by atoms with E-state index in [2.05, 4.69) is 53.3 Å². The van der Waals surface area contributed by atoms with Crippen LogP contribution in [0.25, 0.3) is 21.8 Å². The minimum atomic E-state index is 1.21. The number of fused-ring (bicyclic) bond motifs is 2. The molecule has 2 heteroatoms. The van der Waals surface area contributed by atoms with Gasteiger partial charge in [0.2, 0.25) is 0 Å². The van der Waals surface area contributed by atoms with Crippen molar-refractivity contribution in [1.82, 2.24) is 9.97 Å². The van der Waals surface area contributed by atoms with Crippen LogP contribution in [-0.2, 0) is 0 Å². The molecular weight excluding hydrogens is 256 g/mol. The van der Waals surface area contributed by atoms with Crippen molar-refractivity contribution in [2.75, 3.05) is 0 Å². The van der Waals surface area contributed by atoms with E-state index < -0.39 is 0 Å². The molecule has 0 atom stereocenters. The first kappa shape index (κ1) is 14.9. The molecule has 2 aromatic heterocycles. The van der Waals surface area contributed by atoms with Crippen LogP contribution in [0.1, 0.15) is 19.4 Å². The van der Waals surface area contributed by atoms with Crippen LogP contribution in [0.15, 0.2) is 67.0 Å². The van der Waals surface area contributed by atoms with E-state index in [0.29, 0.717) is 0 Å². The van der Waals surface area contributed by atoms with Crippen LogP contribution in [0, 0.1) is 6.92 Å². The van der Waals surface area contributed by atoms with Gasteiger partial charge in [0.15, 0.2) is 0 Å². The second kappa shape index (κ2) is 7.34. The molecule has 2 nitrogen and oxygen atoms in total. The summed E-state index contributed by atoms with van der Waals surface area (Å²) in [6.07, 6.45) is 3.98. The normalized spacial score (nSPS) is 9.67. The zero-order valence-corrected chi connectivity index (χ0v) is 12.9. The van der Waals surface area contributed by atoms with Crippen molar-refractivity contribution in [3.63, 3.8) is 0 Å². The zero-order valence-electron chi connectivity index (χ0n) is 12.9. The highest BCUT2D eigenvalue weighted by molar-refractivity contribution is 5.82. The molecule has 2 heterocycles. The molecule has 0 spiro atoms. The largest absolute Gasteiger partial charge is 0.361 e. The Morgan fingerprint density at radius 3 is 2.10 bits per heavy atom. The lowest BCUT2D eigenvalue weighted by Gasteiger charge is -1.86. The lowest BCUT2D eigenvalue weighted by Crippen LogP contribution is -1.64. The molecule has 0 bridgehead atoms. The summed E-state index contributed by atoms with van der Waals surface area (Å²) >= 11 is 0. The molecule has 0 saturated carbocycles. The predicted molar refractivity (Wildman–Crippen MR) is 92.7 cm³/mol. The molecule has 21 heavy (non-hydrogen) atoms. The molecule has 0 aliphatic heterocycles. The monoisotopic (exact) mass is 278 g/mol. The smallest absolute Gasteiger partial charge is 0.0456 e. The first-order valence-electron chi connectivity index (χ1n) is 7.39. The lowest BCUT2D eigenvalue weighted by molar-refractivity contribution is 1.43. The fourth-order valence-electron chi connectivity index (χ4n) is 2.21. The number of hydrogen-bond acceptors (Lipinski definition) is 0. The maximum absolute atomic E-state index is 3.19. The molecule has 0 unspecified atom stereocenters. The quantitative estimate of drug-likeness (QED) is 0.415. The Balaban J connectivity index is 0.000000138. The van der Waals surface area contributed by atoms with Crippen molar-refractivity contribution in [3.8, 4) is 0 Å². The number of para-hydroxylation sites is 2. The maximum atomic E-state index is 3.19. The average Bonchev–Trinajstić information content (AvgIpc) is 3.17. The number of aryl methyl sites for hydroxylation is 1. The molecule has 108 valence electrons. The van der Waals surface area contributed by atoms with Gasteiger partial charge in [-0.3, -0.25) is 0 Å². The van der Waals surface area contributed by atoms with Crippen LogP contribution < -0.4 is 0 Å². The van der Waals surface area contributed by atoms with E-state index in [0.717, 1.165) is 0 Å². The van der Waals surface area contributed by atoms with Crippen molar-refractivity contribution in [2.24, 2.45) is 0 Å². The Labute approximate surface area is 125 Å².